The highest BCUT2D eigenvalue weighted by atomic mass is 16.4. The Morgan fingerprint density at radius 1 is 1.37 bits per heavy atom. The molecule has 0 aliphatic rings. The van der Waals surface area contributed by atoms with Gasteiger partial charge in [-0.05, 0) is 18.9 Å². The number of benzene rings is 1. The Balaban J connectivity index is 2.41. The molecule has 0 aliphatic carbocycles. The summed E-state index contributed by atoms with van der Waals surface area (Å²) >= 11 is 0. The minimum atomic E-state index is -0.908. The number of aryl methyl sites for hydroxylation is 1. The Labute approximate surface area is 111 Å². The minimum absolute atomic E-state index is 0.0711. The number of carboxylic acid groups (broad SMARTS) is 1. The Bertz CT molecular complexity index is 563. The molecule has 0 aliphatic heterocycles. The molecule has 0 bridgehead atoms. The van der Waals surface area contributed by atoms with E-state index in [4.69, 9.17) is 5.11 Å². The first-order valence-electron chi connectivity index (χ1n) is 6.30. The van der Waals surface area contributed by atoms with Crippen molar-refractivity contribution in [3.05, 3.63) is 47.5 Å². The summed E-state index contributed by atoms with van der Waals surface area (Å²) in [5, 5.41) is 13.1. The van der Waals surface area contributed by atoms with Crippen LogP contribution in [0.3, 0.4) is 0 Å². The van der Waals surface area contributed by atoms with Gasteiger partial charge in [-0.1, -0.05) is 37.3 Å². The predicted octanol–water partition coefficient (Wildman–Crippen LogP) is 2.21. The summed E-state index contributed by atoms with van der Waals surface area (Å²) in [7, 11) is 0. The van der Waals surface area contributed by atoms with Crippen LogP contribution in [0.4, 0.5) is 0 Å². The number of rotatable bonds is 5. The van der Waals surface area contributed by atoms with Gasteiger partial charge in [-0.3, -0.25) is 4.79 Å². The molecule has 0 saturated heterocycles. The maximum absolute atomic E-state index is 10.9. The molecule has 5 nitrogen and oxygen atoms in total. The number of carbonyl (C=O) groups is 1. The van der Waals surface area contributed by atoms with Gasteiger partial charge >= 0.3 is 5.97 Å². The van der Waals surface area contributed by atoms with E-state index < -0.39 is 5.97 Å². The van der Waals surface area contributed by atoms with E-state index in [-0.39, 0.29) is 12.5 Å². The van der Waals surface area contributed by atoms with Gasteiger partial charge in [-0.15, -0.1) is 0 Å². The van der Waals surface area contributed by atoms with E-state index in [2.05, 4.69) is 17.0 Å². The van der Waals surface area contributed by atoms with Crippen molar-refractivity contribution >= 4 is 5.97 Å². The fourth-order valence-electron chi connectivity index (χ4n) is 2.23. The zero-order valence-electron chi connectivity index (χ0n) is 11.1. The molecule has 100 valence electrons. The summed E-state index contributed by atoms with van der Waals surface area (Å²) in [5.41, 5.74) is 1.13. The normalized spacial score (nSPS) is 12.3. The minimum Gasteiger partial charge on any atom is -0.480 e. The number of carboxylic acids is 1. The molecule has 0 saturated carbocycles. The van der Waals surface area contributed by atoms with Crippen molar-refractivity contribution in [3.8, 4) is 0 Å². The van der Waals surface area contributed by atoms with Crippen LogP contribution in [-0.4, -0.2) is 25.8 Å². The summed E-state index contributed by atoms with van der Waals surface area (Å²) in [4.78, 5) is 15.3. The van der Waals surface area contributed by atoms with Crippen molar-refractivity contribution in [1.82, 2.24) is 14.8 Å². The monoisotopic (exact) mass is 259 g/mol. The molecule has 1 heterocycles. The lowest BCUT2D eigenvalue weighted by Gasteiger charge is -2.15. The van der Waals surface area contributed by atoms with Gasteiger partial charge in [0.05, 0.1) is 0 Å². The van der Waals surface area contributed by atoms with Gasteiger partial charge in [0.2, 0.25) is 0 Å². The Morgan fingerprint density at radius 2 is 2.05 bits per heavy atom. The van der Waals surface area contributed by atoms with Gasteiger partial charge in [0, 0.05) is 5.92 Å². The average molecular weight is 259 g/mol. The largest absolute Gasteiger partial charge is 0.480 e. The molecular weight excluding hydrogens is 242 g/mol. The highest BCUT2D eigenvalue weighted by Crippen LogP contribution is 2.26. The average Bonchev–Trinajstić information content (AvgIpc) is 2.72. The van der Waals surface area contributed by atoms with Crippen LogP contribution in [0.5, 0.6) is 0 Å². The zero-order valence-corrected chi connectivity index (χ0v) is 11.1. The van der Waals surface area contributed by atoms with Crippen molar-refractivity contribution in [2.24, 2.45) is 0 Å². The van der Waals surface area contributed by atoms with Crippen LogP contribution in [0.15, 0.2) is 30.3 Å². The second kappa shape index (κ2) is 5.65. The first-order chi connectivity index (χ1) is 9.11. The summed E-state index contributed by atoms with van der Waals surface area (Å²) in [6, 6.07) is 9.97. The maximum atomic E-state index is 10.9. The highest BCUT2D eigenvalue weighted by Gasteiger charge is 2.20. The molecule has 1 aromatic carbocycles. The van der Waals surface area contributed by atoms with Crippen molar-refractivity contribution < 1.29 is 9.90 Å². The molecule has 0 radical (unpaired) electrons. The SMILES string of the molecule is CC[C@@H](c1ccccc1)c1nc(C)nn1CC(=O)O. The van der Waals surface area contributed by atoms with E-state index in [1.807, 2.05) is 30.3 Å². The van der Waals surface area contributed by atoms with Crippen molar-refractivity contribution in [2.75, 3.05) is 0 Å². The van der Waals surface area contributed by atoms with E-state index in [1.165, 1.54) is 4.68 Å². The Kier molecular flexibility index (Phi) is 3.94. The fourth-order valence-corrected chi connectivity index (χ4v) is 2.23. The van der Waals surface area contributed by atoms with Gasteiger partial charge in [0.1, 0.15) is 18.2 Å². The quantitative estimate of drug-likeness (QED) is 0.894. The van der Waals surface area contributed by atoms with E-state index in [0.29, 0.717) is 11.6 Å². The molecule has 1 atom stereocenters. The third kappa shape index (κ3) is 2.99. The molecule has 2 rings (SSSR count). The van der Waals surface area contributed by atoms with Crippen LogP contribution in [0.1, 0.15) is 36.5 Å². The number of hydrogen-bond acceptors (Lipinski definition) is 3. The summed E-state index contributed by atoms with van der Waals surface area (Å²) in [6.45, 7) is 3.69. The second-order valence-electron chi connectivity index (χ2n) is 4.44. The van der Waals surface area contributed by atoms with Gasteiger partial charge in [-0.2, -0.15) is 5.10 Å². The summed E-state index contributed by atoms with van der Waals surface area (Å²) in [5.74, 6) is 0.482. The predicted molar refractivity (Wildman–Crippen MR) is 71.0 cm³/mol. The van der Waals surface area contributed by atoms with Crippen LogP contribution in [0.25, 0.3) is 0 Å². The van der Waals surface area contributed by atoms with E-state index in [9.17, 15) is 4.79 Å². The van der Waals surface area contributed by atoms with Gasteiger partial charge in [0.25, 0.3) is 0 Å². The van der Waals surface area contributed by atoms with Crippen LogP contribution in [0.2, 0.25) is 0 Å². The lowest BCUT2D eigenvalue weighted by molar-refractivity contribution is -0.137. The van der Waals surface area contributed by atoms with Gasteiger partial charge in [-0.25, -0.2) is 9.67 Å². The first kappa shape index (κ1) is 13.3. The maximum Gasteiger partial charge on any atom is 0.325 e. The zero-order chi connectivity index (χ0) is 13.8. The number of nitrogens with zero attached hydrogens (tertiary/aromatic N) is 3. The molecule has 0 amide bonds. The Morgan fingerprint density at radius 3 is 2.63 bits per heavy atom. The van der Waals surface area contributed by atoms with Gasteiger partial charge < -0.3 is 5.11 Å². The molecule has 0 spiro atoms. The van der Waals surface area contributed by atoms with E-state index in [0.717, 1.165) is 12.0 Å². The van der Waals surface area contributed by atoms with E-state index >= 15 is 0 Å². The van der Waals surface area contributed by atoms with Crippen molar-refractivity contribution in [1.29, 1.82) is 0 Å². The molecule has 5 heteroatoms. The number of hydrogen-bond donors (Lipinski definition) is 1. The molecule has 0 fully saturated rings. The van der Waals surface area contributed by atoms with Crippen molar-refractivity contribution in [3.63, 3.8) is 0 Å². The van der Waals surface area contributed by atoms with E-state index in [1.54, 1.807) is 6.92 Å². The molecule has 0 unspecified atom stereocenters. The summed E-state index contributed by atoms with van der Waals surface area (Å²) in [6.07, 6.45) is 0.849. The van der Waals surface area contributed by atoms with Crippen LogP contribution in [0, 0.1) is 6.92 Å². The molecule has 2 aromatic rings. The van der Waals surface area contributed by atoms with Gasteiger partial charge in [0.15, 0.2) is 0 Å². The lowest BCUT2D eigenvalue weighted by atomic mass is 9.96. The van der Waals surface area contributed by atoms with Crippen LogP contribution in [-0.2, 0) is 11.3 Å². The molecular formula is C14H17N3O2. The smallest absolute Gasteiger partial charge is 0.325 e. The fraction of sp³-hybridized carbons (Fsp3) is 0.357. The topological polar surface area (TPSA) is 68.0 Å². The number of aromatic nitrogens is 3. The lowest BCUT2D eigenvalue weighted by Crippen LogP contribution is -2.16. The highest BCUT2D eigenvalue weighted by molar-refractivity contribution is 5.66. The van der Waals surface area contributed by atoms with Crippen LogP contribution >= 0.6 is 0 Å². The molecule has 1 N–H and O–H groups in total. The standard InChI is InChI=1S/C14H17N3O2/c1-3-12(11-7-5-4-6-8-11)14-15-10(2)16-17(14)9-13(18)19/h4-8,12H,3,9H2,1-2H3,(H,18,19)/t12-/m0/s1. The van der Waals surface area contributed by atoms with Crippen LogP contribution < -0.4 is 0 Å². The second-order valence-corrected chi connectivity index (χ2v) is 4.44. The van der Waals surface area contributed by atoms with Crippen molar-refractivity contribution in [2.45, 2.75) is 32.7 Å². The summed E-state index contributed by atoms with van der Waals surface area (Å²) < 4.78 is 1.48. The molecule has 1 aromatic heterocycles. The molecule has 19 heavy (non-hydrogen) atoms. The number of aliphatic carboxylic acids is 1. The first-order valence-corrected chi connectivity index (χ1v) is 6.30. The Hall–Kier alpha value is -2.17. The third-order valence-electron chi connectivity index (χ3n) is 3.01. The third-order valence-corrected chi connectivity index (χ3v) is 3.01.